The second-order valence-electron chi connectivity index (χ2n) is 10.1. The van der Waals surface area contributed by atoms with Gasteiger partial charge in [-0.25, -0.2) is 0 Å². The summed E-state index contributed by atoms with van der Waals surface area (Å²) in [4.78, 5) is 15.6. The SMILES string of the molecule is COCCCOc1cc(C(=O)N(C[C@@H]2CNC[C@H]2OCc2cc(-c3ccc(Cl)cc3)no2)C(C)C)ccc1OC. The molecule has 4 rings (SSSR count). The molecule has 10 heteroatoms. The number of ether oxygens (including phenoxy) is 4. The van der Waals surface area contributed by atoms with E-state index in [9.17, 15) is 4.79 Å². The van der Waals surface area contributed by atoms with Crippen molar-refractivity contribution < 1.29 is 28.3 Å². The first-order valence-electron chi connectivity index (χ1n) is 13.5. The van der Waals surface area contributed by atoms with E-state index < -0.39 is 0 Å². The number of hydrogen-bond acceptors (Lipinski definition) is 8. The Morgan fingerprint density at radius 3 is 2.62 bits per heavy atom. The quantitative estimate of drug-likeness (QED) is 0.268. The number of aromatic nitrogens is 1. The lowest BCUT2D eigenvalue weighted by molar-refractivity contribution is 0.00422. The van der Waals surface area contributed by atoms with Gasteiger partial charge >= 0.3 is 0 Å². The maximum absolute atomic E-state index is 13.7. The van der Waals surface area contributed by atoms with Crippen molar-refractivity contribution in [2.24, 2.45) is 5.92 Å². The molecule has 1 aromatic heterocycles. The highest BCUT2D eigenvalue weighted by Gasteiger charge is 2.32. The fourth-order valence-corrected chi connectivity index (χ4v) is 4.79. The minimum Gasteiger partial charge on any atom is -0.493 e. The molecule has 1 amide bonds. The van der Waals surface area contributed by atoms with Crippen LogP contribution in [0.4, 0.5) is 0 Å². The first-order valence-corrected chi connectivity index (χ1v) is 13.9. The van der Waals surface area contributed by atoms with E-state index in [0.29, 0.717) is 60.8 Å². The van der Waals surface area contributed by atoms with E-state index in [1.54, 1.807) is 32.4 Å². The Morgan fingerprint density at radius 2 is 1.90 bits per heavy atom. The number of carbonyl (C=O) groups excluding carboxylic acids is 1. The molecule has 0 saturated carbocycles. The third-order valence-corrected chi connectivity index (χ3v) is 7.14. The molecule has 0 unspecified atom stereocenters. The summed E-state index contributed by atoms with van der Waals surface area (Å²) < 4.78 is 28.2. The summed E-state index contributed by atoms with van der Waals surface area (Å²) in [7, 11) is 3.24. The van der Waals surface area contributed by atoms with E-state index in [-0.39, 0.29) is 24.0 Å². The molecule has 0 bridgehead atoms. The lowest BCUT2D eigenvalue weighted by Crippen LogP contribution is -2.43. The monoisotopic (exact) mass is 571 g/mol. The van der Waals surface area contributed by atoms with E-state index in [4.69, 9.17) is 35.1 Å². The van der Waals surface area contributed by atoms with Gasteiger partial charge in [0.1, 0.15) is 12.3 Å². The Balaban J connectivity index is 1.38. The van der Waals surface area contributed by atoms with Crippen LogP contribution < -0.4 is 14.8 Å². The molecule has 1 saturated heterocycles. The molecule has 1 aliphatic rings. The van der Waals surface area contributed by atoms with Crippen LogP contribution in [-0.4, -0.2) is 75.2 Å². The maximum atomic E-state index is 13.7. The first-order chi connectivity index (χ1) is 19.4. The Kier molecular flexibility index (Phi) is 10.8. The van der Waals surface area contributed by atoms with Crippen molar-refractivity contribution in [3.63, 3.8) is 0 Å². The molecule has 0 aliphatic carbocycles. The average molecular weight is 572 g/mol. The first kappa shape index (κ1) is 29.9. The van der Waals surface area contributed by atoms with Gasteiger partial charge in [-0.2, -0.15) is 0 Å². The Hall–Kier alpha value is -3.11. The highest BCUT2D eigenvalue weighted by Crippen LogP contribution is 2.30. The zero-order chi connectivity index (χ0) is 28.5. The Labute approximate surface area is 240 Å². The topological polar surface area (TPSA) is 95.3 Å². The maximum Gasteiger partial charge on any atom is 0.254 e. The van der Waals surface area contributed by atoms with Crippen LogP contribution in [0.1, 0.15) is 36.4 Å². The second-order valence-corrected chi connectivity index (χ2v) is 10.5. The minimum atomic E-state index is -0.0753. The number of amides is 1. The summed E-state index contributed by atoms with van der Waals surface area (Å²) in [5, 5.41) is 8.24. The van der Waals surface area contributed by atoms with Crippen LogP contribution in [0.3, 0.4) is 0 Å². The fourth-order valence-electron chi connectivity index (χ4n) is 4.67. The molecule has 1 aliphatic heterocycles. The number of halogens is 1. The molecule has 1 N–H and O–H groups in total. The van der Waals surface area contributed by atoms with Gasteiger partial charge in [0.25, 0.3) is 5.91 Å². The van der Waals surface area contributed by atoms with E-state index >= 15 is 0 Å². The summed E-state index contributed by atoms with van der Waals surface area (Å²) in [5.41, 5.74) is 2.21. The van der Waals surface area contributed by atoms with Gasteiger partial charge in [0.15, 0.2) is 17.3 Å². The summed E-state index contributed by atoms with van der Waals surface area (Å²) in [5.74, 6) is 1.83. The number of nitrogens with zero attached hydrogens (tertiary/aromatic N) is 2. The van der Waals surface area contributed by atoms with Crippen molar-refractivity contribution in [3.05, 3.63) is 64.9 Å². The fraction of sp³-hybridized carbons (Fsp3) is 0.467. The number of rotatable bonds is 14. The highest BCUT2D eigenvalue weighted by molar-refractivity contribution is 6.30. The third kappa shape index (κ3) is 7.75. The molecule has 216 valence electrons. The molecular formula is C30H38ClN3O6. The smallest absolute Gasteiger partial charge is 0.254 e. The van der Waals surface area contributed by atoms with Crippen LogP contribution in [-0.2, 0) is 16.1 Å². The van der Waals surface area contributed by atoms with Crippen LogP contribution in [0.25, 0.3) is 11.3 Å². The second kappa shape index (κ2) is 14.5. The Bertz CT molecular complexity index is 1230. The van der Waals surface area contributed by atoms with Crippen molar-refractivity contribution in [1.82, 2.24) is 15.4 Å². The number of nitrogens with one attached hydrogen (secondary N) is 1. The van der Waals surface area contributed by atoms with Gasteiger partial charge in [0, 0.05) is 73.9 Å². The Morgan fingerprint density at radius 1 is 1.10 bits per heavy atom. The van der Waals surface area contributed by atoms with Gasteiger partial charge in [0.05, 0.1) is 19.8 Å². The van der Waals surface area contributed by atoms with Crippen LogP contribution in [0.15, 0.2) is 53.1 Å². The highest BCUT2D eigenvalue weighted by atomic mass is 35.5. The molecule has 9 nitrogen and oxygen atoms in total. The van der Waals surface area contributed by atoms with Crippen LogP contribution in [0.5, 0.6) is 11.5 Å². The molecular weight excluding hydrogens is 534 g/mol. The standard InChI is InChI=1S/C30H38ClN3O6/c1-20(2)34(30(35)22-8-11-27(37-4)28(14-22)38-13-5-12-36-3)18-23-16-32-17-29(23)39-19-25-15-26(33-40-25)21-6-9-24(31)10-7-21/h6-11,14-15,20,23,29,32H,5,12-13,16-19H2,1-4H3/t23-,29+/m0/s1. The van der Waals surface area contributed by atoms with Gasteiger partial charge in [-0.1, -0.05) is 28.9 Å². The average Bonchev–Trinajstić information content (AvgIpc) is 3.62. The summed E-state index contributed by atoms with van der Waals surface area (Å²) in [6.45, 7) is 7.41. The zero-order valence-corrected chi connectivity index (χ0v) is 24.3. The van der Waals surface area contributed by atoms with Gasteiger partial charge < -0.3 is 33.7 Å². The number of hydrogen-bond donors (Lipinski definition) is 1. The van der Waals surface area contributed by atoms with Crippen molar-refractivity contribution in [2.45, 2.75) is 39.0 Å². The van der Waals surface area contributed by atoms with Gasteiger partial charge in [-0.3, -0.25) is 4.79 Å². The minimum absolute atomic E-state index is 0.00173. The largest absolute Gasteiger partial charge is 0.493 e. The number of carbonyl (C=O) groups is 1. The lowest BCUT2D eigenvalue weighted by Gasteiger charge is -2.31. The molecule has 2 heterocycles. The molecule has 0 radical (unpaired) electrons. The molecule has 2 atom stereocenters. The normalized spacial score (nSPS) is 16.9. The van der Waals surface area contributed by atoms with Crippen molar-refractivity contribution in [1.29, 1.82) is 0 Å². The van der Waals surface area contributed by atoms with Crippen LogP contribution >= 0.6 is 11.6 Å². The third-order valence-electron chi connectivity index (χ3n) is 6.89. The molecule has 1 fully saturated rings. The van der Waals surface area contributed by atoms with Gasteiger partial charge in [-0.15, -0.1) is 0 Å². The summed E-state index contributed by atoms with van der Waals surface area (Å²) >= 11 is 5.99. The van der Waals surface area contributed by atoms with E-state index in [1.165, 1.54) is 0 Å². The predicted molar refractivity (Wildman–Crippen MR) is 153 cm³/mol. The summed E-state index contributed by atoms with van der Waals surface area (Å²) in [6.07, 6.45) is 0.663. The van der Waals surface area contributed by atoms with E-state index in [0.717, 1.165) is 24.2 Å². The summed E-state index contributed by atoms with van der Waals surface area (Å²) in [6, 6.07) is 14.6. The van der Waals surface area contributed by atoms with Crippen LogP contribution in [0, 0.1) is 5.92 Å². The van der Waals surface area contributed by atoms with Gasteiger partial charge in [0.2, 0.25) is 0 Å². The van der Waals surface area contributed by atoms with E-state index in [1.807, 2.05) is 49.1 Å². The van der Waals surface area contributed by atoms with Crippen LogP contribution in [0.2, 0.25) is 5.02 Å². The zero-order valence-electron chi connectivity index (χ0n) is 23.5. The molecule has 0 spiro atoms. The van der Waals surface area contributed by atoms with Crippen molar-refractivity contribution in [2.75, 3.05) is 47.1 Å². The number of benzene rings is 2. The molecule has 2 aromatic carbocycles. The number of methoxy groups -OCH3 is 2. The lowest BCUT2D eigenvalue weighted by atomic mass is 10.0. The van der Waals surface area contributed by atoms with Crippen molar-refractivity contribution >= 4 is 17.5 Å². The van der Waals surface area contributed by atoms with E-state index in [2.05, 4.69) is 10.5 Å². The van der Waals surface area contributed by atoms with Crippen molar-refractivity contribution in [3.8, 4) is 22.8 Å². The van der Waals surface area contributed by atoms with Gasteiger partial charge in [-0.05, 0) is 44.2 Å². The molecule has 40 heavy (non-hydrogen) atoms. The molecule has 3 aromatic rings. The predicted octanol–water partition coefficient (Wildman–Crippen LogP) is 5.07.